The second kappa shape index (κ2) is 12.6. The van der Waals surface area contributed by atoms with E-state index in [0.717, 1.165) is 48.8 Å². The summed E-state index contributed by atoms with van der Waals surface area (Å²) in [5.74, 6) is -1.83. The molecule has 0 bridgehead atoms. The van der Waals surface area contributed by atoms with Gasteiger partial charge in [0.15, 0.2) is 17.4 Å². The van der Waals surface area contributed by atoms with E-state index >= 15 is 8.78 Å². The number of halogens is 4. The Morgan fingerprint density at radius 3 is 2.10 bits per heavy atom. The molecule has 0 spiro atoms. The third-order valence-corrected chi connectivity index (χ3v) is 8.99. The van der Waals surface area contributed by atoms with Crippen molar-refractivity contribution in [2.24, 2.45) is 17.8 Å². The van der Waals surface area contributed by atoms with E-state index in [1.165, 1.54) is 57.1 Å². The Morgan fingerprint density at radius 1 is 0.744 bits per heavy atom. The number of hydrogen-bond donors (Lipinski definition) is 0. The van der Waals surface area contributed by atoms with Gasteiger partial charge in [0.1, 0.15) is 18.2 Å². The van der Waals surface area contributed by atoms with Crippen LogP contribution in [0.5, 0.6) is 5.75 Å². The normalized spacial score (nSPS) is 22.9. The zero-order valence-electron chi connectivity index (χ0n) is 22.7. The first kappa shape index (κ1) is 27.7. The zero-order chi connectivity index (χ0) is 27.4. The molecule has 39 heavy (non-hydrogen) atoms. The van der Waals surface area contributed by atoms with Crippen LogP contribution in [0.15, 0.2) is 54.6 Å². The molecule has 1 nitrogen and oxygen atoms in total. The fourth-order valence-corrected chi connectivity index (χ4v) is 6.91. The van der Waals surface area contributed by atoms with Crippen LogP contribution in [0.4, 0.5) is 17.6 Å². The standard InChI is InChI=1S/C34H38F4O/c1-2-3-5-8-22-11-12-25-16-26(14-13-24(25)15-22)27-17-29(35)33(30(36)18-27)28-19-31(37)34(32(38)20-28)39-21-23-9-6-4-7-10-23/h4,6-7,9-10,17-20,22,24-26H,2-3,5,8,11-16,21H2,1H3. The van der Waals surface area contributed by atoms with E-state index in [1.54, 1.807) is 24.3 Å². The predicted molar refractivity (Wildman–Crippen MR) is 148 cm³/mol. The molecular weight excluding hydrogens is 500 g/mol. The van der Waals surface area contributed by atoms with Crippen LogP contribution in [0.25, 0.3) is 11.1 Å². The van der Waals surface area contributed by atoms with Gasteiger partial charge in [-0.1, -0.05) is 69.4 Å². The van der Waals surface area contributed by atoms with Gasteiger partial charge in [0.2, 0.25) is 0 Å². The lowest BCUT2D eigenvalue weighted by molar-refractivity contribution is 0.113. The van der Waals surface area contributed by atoms with E-state index in [9.17, 15) is 8.78 Å². The van der Waals surface area contributed by atoms with Gasteiger partial charge in [0.25, 0.3) is 0 Å². The summed E-state index contributed by atoms with van der Waals surface area (Å²) >= 11 is 0. The van der Waals surface area contributed by atoms with Crippen LogP contribution >= 0.6 is 0 Å². The molecule has 2 fully saturated rings. The lowest BCUT2D eigenvalue weighted by atomic mass is 9.63. The van der Waals surface area contributed by atoms with Crippen molar-refractivity contribution in [2.45, 2.75) is 83.7 Å². The summed E-state index contributed by atoms with van der Waals surface area (Å²) in [4.78, 5) is 0. The average Bonchev–Trinajstić information content (AvgIpc) is 2.92. The Balaban J connectivity index is 1.27. The Morgan fingerprint density at radius 2 is 1.41 bits per heavy atom. The molecule has 0 aliphatic heterocycles. The Kier molecular flexibility index (Phi) is 8.94. The summed E-state index contributed by atoms with van der Waals surface area (Å²) in [7, 11) is 0. The van der Waals surface area contributed by atoms with Crippen LogP contribution in [0.1, 0.15) is 88.2 Å². The number of fused-ring (bicyclic) bond motifs is 1. The molecule has 2 aliphatic rings. The smallest absolute Gasteiger partial charge is 0.191 e. The molecule has 2 aliphatic carbocycles. The number of rotatable bonds is 9. The van der Waals surface area contributed by atoms with Crippen molar-refractivity contribution in [1.29, 1.82) is 0 Å². The maximum Gasteiger partial charge on any atom is 0.191 e. The molecule has 3 aromatic rings. The fraction of sp³-hybridized carbons (Fsp3) is 0.471. The number of hydrogen-bond acceptors (Lipinski definition) is 1. The minimum absolute atomic E-state index is 0.0196. The molecule has 0 heterocycles. The average molecular weight is 539 g/mol. The highest BCUT2D eigenvalue weighted by Crippen LogP contribution is 2.49. The highest BCUT2D eigenvalue weighted by molar-refractivity contribution is 5.66. The Hall–Kier alpha value is -2.82. The maximum absolute atomic E-state index is 15.3. The van der Waals surface area contributed by atoms with Crippen LogP contribution in [0, 0.1) is 41.0 Å². The second-order valence-electron chi connectivity index (χ2n) is 11.6. The van der Waals surface area contributed by atoms with Crippen molar-refractivity contribution in [3.63, 3.8) is 0 Å². The van der Waals surface area contributed by atoms with Gasteiger partial charge in [-0.05, 0) is 96.7 Å². The van der Waals surface area contributed by atoms with Crippen molar-refractivity contribution < 1.29 is 22.3 Å². The predicted octanol–water partition coefficient (Wildman–Crippen LogP) is 10.4. The van der Waals surface area contributed by atoms with Crippen LogP contribution in [0.3, 0.4) is 0 Å². The topological polar surface area (TPSA) is 9.23 Å². The zero-order valence-corrected chi connectivity index (χ0v) is 22.7. The molecule has 208 valence electrons. The first-order valence-corrected chi connectivity index (χ1v) is 14.6. The highest BCUT2D eigenvalue weighted by atomic mass is 19.1. The van der Waals surface area contributed by atoms with Gasteiger partial charge in [-0.25, -0.2) is 17.6 Å². The lowest BCUT2D eigenvalue weighted by Gasteiger charge is -2.42. The molecule has 3 aromatic carbocycles. The molecule has 5 heteroatoms. The van der Waals surface area contributed by atoms with E-state index in [0.29, 0.717) is 11.5 Å². The molecule has 5 rings (SSSR count). The van der Waals surface area contributed by atoms with E-state index in [-0.39, 0.29) is 18.1 Å². The van der Waals surface area contributed by atoms with E-state index in [2.05, 4.69) is 6.92 Å². The van der Waals surface area contributed by atoms with Gasteiger partial charge in [-0.2, -0.15) is 0 Å². The van der Waals surface area contributed by atoms with Crippen molar-refractivity contribution in [3.05, 3.63) is 89.0 Å². The monoisotopic (exact) mass is 538 g/mol. The van der Waals surface area contributed by atoms with Crippen LogP contribution in [0.2, 0.25) is 0 Å². The third-order valence-electron chi connectivity index (χ3n) is 8.99. The summed E-state index contributed by atoms with van der Waals surface area (Å²) < 4.78 is 65.5. The van der Waals surface area contributed by atoms with Gasteiger partial charge in [0.05, 0.1) is 5.56 Å². The number of benzene rings is 3. The maximum atomic E-state index is 15.3. The molecule has 0 N–H and O–H groups in total. The Labute approximate surface area is 229 Å². The minimum atomic E-state index is -0.993. The van der Waals surface area contributed by atoms with Gasteiger partial charge >= 0.3 is 0 Å². The summed E-state index contributed by atoms with van der Waals surface area (Å²) in [6, 6.07) is 13.6. The van der Waals surface area contributed by atoms with E-state index in [1.807, 2.05) is 6.07 Å². The third kappa shape index (κ3) is 6.50. The van der Waals surface area contributed by atoms with Crippen molar-refractivity contribution in [1.82, 2.24) is 0 Å². The quantitative estimate of drug-likeness (QED) is 0.194. The SMILES string of the molecule is CCCCCC1CCC2CC(c3cc(F)c(-c4cc(F)c(OCc5ccccc5)c(F)c4)c(F)c3)CCC2C1. The minimum Gasteiger partial charge on any atom is -0.483 e. The second-order valence-corrected chi connectivity index (χ2v) is 11.6. The van der Waals surface area contributed by atoms with Crippen LogP contribution in [-0.2, 0) is 6.61 Å². The van der Waals surface area contributed by atoms with Crippen LogP contribution < -0.4 is 4.74 Å². The summed E-state index contributed by atoms with van der Waals surface area (Å²) in [5, 5.41) is 0. The molecule has 0 amide bonds. The van der Waals surface area contributed by atoms with E-state index < -0.39 is 34.6 Å². The molecule has 2 saturated carbocycles. The van der Waals surface area contributed by atoms with Crippen molar-refractivity contribution in [2.75, 3.05) is 0 Å². The van der Waals surface area contributed by atoms with Crippen molar-refractivity contribution >= 4 is 0 Å². The molecule has 4 unspecified atom stereocenters. The lowest BCUT2D eigenvalue weighted by Crippen LogP contribution is -2.30. The van der Waals surface area contributed by atoms with Gasteiger partial charge in [-0.3, -0.25) is 0 Å². The summed E-state index contributed by atoms with van der Waals surface area (Å²) in [6.07, 6.45) is 12.0. The molecule has 0 aromatic heterocycles. The molecule has 0 radical (unpaired) electrons. The highest BCUT2D eigenvalue weighted by Gasteiger charge is 2.36. The van der Waals surface area contributed by atoms with Crippen LogP contribution in [-0.4, -0.2) is 0 Å². The number of unbranched alkanes of at least 4 members (excludes halogenated alkanes) is 2. The van der Waals surface area contributed by atoms with Gasteiger partial charge in [0, 0.05) is 0 Å². The largest absolute Gasteiger partial charge is 0.483 e. The Bertz CT molecular complexity index is 1210. The summed E-state index contributed by atoms with van der Waals surface area (Å²) in [6.45, 7) is 2.22. The van der Waals surface area contributed by atoms with Crippen molar-refractivity contribution in [3.8, 4) is 16.9 Å². The first-order chi connectivity index (χ1) is 18.9. The van der Waals surface area contributed by atoms with Gasteiger partial charge in [-0.15, -0.1) is 0 Å². The number of ether oxygens (including phenoxy) is 1. The van der Waals surface area contributed by atoms with E-state index in [4.69, 9.17) is 4.74 Å². The summed E-state index contributed by atoms with van der Waals surface area (Å²) in [5.41, 5.74) is 0.819. The fourth-order valence-electron chi connectivity index (χ4n) is 6.91. The molecule has 0 saturated heterocycles. The molecular formula is C34H38F4O. The van der Waals surface area contributed by atoms with Gasteiger partial charge < -0.3 is 4.74 Å². The molecule has 4 atom stereocenters. The first-order valence-electron chi connectivity index (χ1n) is 14.6.